The average Bonchev–Trinajstić information content (AvgIpc) is 3.33. The number of benzene rings is 2. The lowest BCUT2D eigenvalue weighted by molar-refractivity contribution is -0.136. The molecule has 0 fully saturated rings. The Bertz CT molecular complexity index is 1560. The van der Waals surface area contributed by atoms with E-state index in [4.69, 9.17) is 9.47 Å². The van der Waals surface area contributed by atoms with E-state index in [9.17, 15) is 23.2 Å². The van der Waals surface area contributed by atoms with E-state index < -0.39 is 35.0 Å². The van der Waals surface area contributed by atoms with Gasteiger partial charge in [0.2, 0.25) is 0 Å². The minimum Gasteiger partial charge on any atom is -0.462 e. The molecule has 0 unspecified atom stereocenters. The second-order valence-electron chi connectivity index (χ2n) is 11.4. The molecule has 0 saturated heterocycles. The molecule has 0 radical (unpaired) electrons. The summed E-state index contributed by atoms with van der Waals surface area (Å²) in [7, 11) is 0. The molecular weight excluding hydrogens is 570 g/mol. The molecule has 0 spiro atoms. The monoisotopic (exact) mass is 610 g/mol. The number of carbonyl (C=O) groups excluding carboxylic acids is 3. The molecule has 4 rings (SSSR count). The number of hydrogen-bond acceptors (Lipinski definition) is 6. The van der Waals surface area contributed by atoms with Gasteiger partial charge in [-0.2, -0.15) is 0 Å². The van der Waals surface area contributed by atoms with Gasteiger partial charge in [-0.3, -0.25) is 4.79 Å². The number of nitrogens with zero attached hydrogens (tertiary/aromatic N) is 2. The van der Waals surface area contributed by atoms with Crippen LogP contribution in [0.2, 0.25) is 0 Å². The van der Waals surface area contributed by atoms with Gasteiger partial charge in [-0.25, -0.2) is 18.4 Å². The summed E-state index contributed by atoms with van der Waals surface area (Å²) in [6.45, 7) is 13.5. The molecule has 1 aliphatic rings. The van der Waals surface area contributed by atoms with Crippen LogP contribution in [-0.4, -0.2) is 72.1 Å². The lowest BCUT2D eigenvalue weighted by Crippen LogP contribution is -2.37. The Labute approximate surface area is 256 Å². The van der Waals surface area contributed by atoms with Crippen LogP contribution in [0.3, 0.4) is 0 Å². The van der Waals surface area contributed by atoms with Crippen molar-refractivity contribution in [2.45, 2.75) is 52.9 Å². The number of amides is 2. The summed E-state index contributed by atoms with van der Waals surface area (Å²) in [5.41, 5.74) is 1.20. The van der Waals surface area contributed by atoms with Crippen LogP contribution in [0, 0.1) is 11.6 Å². The first-order valence-electron chi connectivity index (χ1n) is 15.0. The van der Waals surface area contributed by atoms with Gasteiger partial charge < -0.3 is 29.6 Å². The van der Waals surface area contributed by atoms with Crippen molar-refractivity contribution in [2.75, 3.05) is 39.3 Å². The largest absolute Gasteiger partial charge is 0.462 e. The lowest BCUT2D eigenvalue weighted by Gasteiger charge is -2.29. The van der Waals surface area contributed by atoms with Gasteiger partial charge in [0.05, 0.1) is 17.9 Å². The van der Waals surface area contributed by atoms with Crippen molar-refractivity contribution < 1.29 is 32.6 Å². The number of fused-ring (bicyclic) bond motifs is 3. The van der Waals surface area contributed by atoms with Crippen molar-refractivity contribution in [3.63, 3.8) is 0 Å². The summed E-state index contributed by atoms with van der Waals surface area (Å²) in [6.07, 6.45) is 2.23. The average molecular weight is 611 g/mol. The third kappa shape index (κ3) is 7.27. The van der Waals surface area contributed by atoms with E-state index in [2.05, 4.69) is 29.0 Å². The van der Waals surface area contributed by atoms with E-state index in [0.29, 0.717) is 29.9 Å². The first-order chi connectivity index (χ1) is 21.0. The Balaban J connectivity index is 1.65. The number of esters is 1. The van der Waals surface area contributed by atoms with Crippen molar-refractivity contribution in [1.29, 1.82) is 0 Å². The highest BCUT2D eigenvalue weighted by molar-refractivity contribution is 6.18. The molecule has 2 heterocycles. The van der Waals surface area contributed by atoms with Crippen molar-refractivity contribution in [3.8, 4) is 5.75 Å². The van der Waals surface area contributed by atoms with Gasteiger partial charge in [0.1, 0.15) is 5.75 Å². The molecule has 2 N–H and O–H groups in total. The summed E-state index contributed by atoms with van der Waals surface area (Å²) in [5.74, 6) is -3.11. The molecule has 44 heavy (non-hydrogen) atoms. The van der Waals surface area contributed by atoms with E-state index in [1.165, 1.54) is 17.2 Å². The summed E-state index contributed by atoms with van der Waals surface area (Å²) in [5, 5.41) is 3.55. The topological polar surface area (TPSA) is 104 Å². The first-order valence-corrected chi connectivity index (χ1v) is 15.0. The predicted molar refractivity (Wildman–Crippen MR) is 164 cm³/mol. The van der Waals surface area contributed by atoms with Crippen LogP contribution in [0.15, 0.2) is 42.6 Å². The molecule has 2 aromatic carbocycles. The van der Waals surface area contributed by atoms with Gasteiger partial charge in [0.25, 0.3) is 5.91 Å². The van der Waals surface area contributed by atoms with Crippen LogP contribution in [0.5, 0.6) is 5.75 Å². The third-order valence-corrected chi connectivity index (χ3v) is 7.68. The van der Waals surface area contributed by atoms with Crippen LogP contribution >= 0.6 is 0 Å². The van der Waals surface area contributed by atoms with Crippen LogP contribution in [0.1, 0.15) is 69.1 Å². The Morgan fingerprint density at radius 1 is 1.05 bits per heavy atom. The lowest BCUT2D eigenvalue weighted by atomic mass is 9.81. The third-order valence-electron chi connectivity index (χ3n) is 7.68. The van der Waals surface area contributed by atoms with Gasteiger partial charge in [-0.05, 0) is 68.4 Å². The first kappa shape index (κ1) is 32.7. The zero-order valence-corrected chi connectivity index (χ0v) is 25.9. The fourth-order valence-corrected chi connectivity index (χ4v) is 5.44. The number of carbonyl (C=O) groups is 3. The van der Waals surface area contributed by atoms with Crippen molar-refractivity contribution in [1.82, 2.24) is 20.1 Å². The SMILES string of the molecule is CCCOC(=O)C1=CN(C(=O)c2ccc(F)c(F)c2)CC(C)(C)c2c1[nH]c1cc(OC(=O)NCCCN(CC)CC)ccc21. The fourth-order valence-electron chi connectivity index (χ4n) is 5.44. The molecule has 11 heteroatoms. The highest BCUT2D eigenvalue weighted by Crippen LogP contribution is 2.41. The minimum absolute atomic E-state index is 0.0548. The second-order valence-corrected chi connectivity index (χ2v) is 11.4. The molecule has 236 valence electrons. The van der Waals surface area contributed by atoms with Gasteiger partial charge in [0.15, 0.2) is 11.6 Å². The van der Waals surface area contributed by atoms with Gasteiger partial charge in [0, 0.05) is 47.2 Å². The molecule has 0 bridgehead atoms. The molecule has 0 saturated carbocycles. The second kappa shape index (κ2) is 14.0. The van der Waals surface area contributed by atoms with Crippen LogP contribution in [-0.2, 0) is 14.9 Å². The fraction of sp³-hybridized carbons (Fsp3) is 0.424. The number of aromatic nitrogens is 1. The quantitative estimate of drug-likeness (QED) is 0.204. The molecule has 0 atom stereocenters. The minimum atomic E-state index is -1.14. The zero-order chi connectivity index (χ0) is 32.0. The van der Waals surface area contributed by atoms with Crippen molar-refractivity contribution >= 4 is 34.4 Å². The highest BCUT2D eigenvalue weighted by Gasteiger charge is 2.37. The van der Waals surface area contributed by atoms with Crippen LogP contribution < -0.4 is 10.1 Å². The smallest absolute Gasteiger partial charge is 0.412 e. The van der Waals surface area contributed by atoms with Crippen molar-refractivity contribution in [3.05, 3.63) is 71.1 Å². The summed E-state index contributed by atoms with van der Waals surface area (Å²) in [6, 6.07) is 8.12. The Morgan fingerprint density at radius 2 is 1.80 bits per heavy atom. The molecule has 2 amide bonds. The van der Waals surface area contributed by atoms with E-state index >= 15 is 0 Å². The zero-order valence-electron chi connectivity index (χ0n) is 25.9. The number of ether oxygens (including phenoxy) is 2. The predicted octanol–water partition coefficient (Wildman–Crippen LogP) is 5.99. The maximum Gasteiger partial charge on any atom is 0.412 e. The molecule has 1 aromatic heterocycles. The molecule has 9 nitrogen and oxygen atoms in total. The maximum atomic E-state index is 14.0. The Kier molecular flexibility index (Phi) is 10.4. The van der Waals surface area contributed by atoms with Gasteiger partial charge in [-0.1, -0.05) is 34.6 Å². The number of aromatic amines is 1. The summed E-state index contributed by atoms with van der Waals surface area (Å²) >= 11 is 0. The van der Waals surface area contributed by atoms with Gasteiger partial charge in [-0.15, -0.1) is 0 Å². The van der Waals surface area contributed by atoms with E-state index in [1.807, 2.05) is 20.8 Å². The Morgan fingerprint density at radius 3 is 2.48 bits per heavy atom. The van der Waals surface area contributed by atoms with Crippen LogP contribution in [0.25, 0.3) is 16.5 Å². The number of rotatable bonds is 11. The normalized spacial score (nSPS) is 14.2. The summed E-state index contributed by atoms with van der Waals surface area (Å²) < 4.78 is 38.6. The number of hydrogen-bond donors (Lipinski definition) is 2. The van der Waals surface area contributed by atoms with E-state index in [-0.39, 0.29) is 24.3 Å². The number of halogens is 2. The number of H-pyrrole nitrogens is 1. The summed E-state index contributed by atoms with van der Waals surface area (Å²) in [4.78, 5) is 46.2. The Hall–Kier alpha value is -4.25. The van der Waals surface area contributed by atoms with Gasteiger partial charge >= 0.3 is 12.1 Å². The van der Waals surface area contributed by atoms with Crippen LogP contribution in [0.4, 0.5) is 13.6 Å². The number of nitrogens with one attached hydrogen (secondary N) is 2. The molecular formula is C33H40F2N4O5. The molecule has 0 aliphatic carbocycles. The highest BCUT2D eigenvalue weighted by atomic mass is 19.2. The van der Waals surface area contributed by atoms with Crippen molar-refractivity contribution in [2.24, 2.45) is 0 Å². The van der Waals surface area contributed by atoms with E-state index in [0.717, 1.165) is 49.1 Å². The molecule has 3 aromatic rings. The van der Waals surface area contributed by atoms with E-state index in [1.54, 1.807) is 18.2 Å². The standard InChI is InChI=1S/C33H40F2N4O5/c1-6-16-43-31(41)24-19-39(30(40)21-10-13-25(34)26(35)17-21)20-33(4,5)28-23-12-11-22(18-27(23)37-29(24)28)44-32(42)36-14-9-15-38(7-2)8-3/h10-13,17-19,37H,6-9,14-16,20H2,1-5H3,(H,36,42). The maximum absolute atomic E-state index is 14.0. The molecule has 1 aliphatic heterocycles.